The molecule has 0 bridgehead atoms. The highest BCUT2D eigenvalue weighted by Crippen LogP contribution is 2.28. The number of nitrogens with one attached hydrogen (secondary N) is 1. The molecule has 0 atom stereocenters. The lowest BCUT2D eigenvalue weighted by Gasteiger charge is -2.11. The molecule has 2 rings (SSSR count). The van der Waals surface area contributed by atoms with Gasteiger partial charge in [-0.25, -0.2) is 22.5 Å². The minimum atomic E-state index is -1.50. The van der Waals surface area contributed by atoms with Gasteiger partial charge in [0.25, 0.3) is 0 Å². The molecule has 100 valence electrons. The molecule has 0 radical (unpaired) electrons. The second kappa shape index (κ2) is 5.16. The Hall–Kier alpha value is -1.63. The highest BCUT2D eigenvalue weighted by Gasteiger charge is 2.20. The van der Waals surface area contributed by atoms with Gasteiger partial charge in [-0.1, -0.05) is 0 Å². The molecule has 0 saturated heterocycles. The summed E-state index contributed by atoms with van der Waals surface area (Å²) < 4.78 is 53.7. The maximum absolute atomic E-state index is 13.5. The normalized spacial score (nSPS) is 10.6. The zero-order valence-corrected chi connectivity index (χ0v) is 11.2. The van der Waals surface area contributed by atoms with Gasteiger partial charge in [-0.3, -0.25) is 0 Å². The van der Waals surface area contributed by atoms with Crippen molar-refractivity contribution in [2.24, 2.45) is 0 Å². The smallest absolute Gasteiger partial charge is 0.185 e. The highest BCUT2D eigenvalue weighted by molar-refractivity contribution is 9.10. The van der Waals surface area contributed by atoms with Crippen molar-refractivity contribution in [3.8, 4) is 0 Å². The van der Waals surface area contributed by atoms with E-state index >= 15 is 0 Å². The van der Waals surface area contributed by atoms with Gasteiger partial charge in [0, 0.05) is 16.7 Å². The van der Waals surface area contributed by atoms with Crippen LogP contribution in [-0.2, 0) is 0 Å². The van der Waals surface area contributed by atoms with Crippen molar-refractivity contribution in [3.63, 3.8) is 0 Å². The van der Waals surface area contributed by atoms with E-state index in [9.17, 15) is 17.6 Å². The number of hydrogen-bond acceptors (Lipinski definition) is 2. The number of pyridine rings is 1. The average Bonchev–Trinajstić information content (AvgIpc) is 2.34. The third kappa shape index (κ3) is 2.70. The molecule has 0 fully saturated rings. The molecule has 0 unspecified atom stereocenters. The SMILES string of the molecule is Cc1cc(Br)cnc1Nc1c(F)c(F)cc(F)c1F. The average molecular weight is 335 g/mol. The van der Waals surface area contributed by atoms with Gasteiger partial charge in [0.2, 0.25) is 0 Å². The largest absolute Gasteiger partial charge is 0.335 e. The molecular formula is C12H7BrF4N2. The Kier molecular flexibility index (Phi) is 3.75. The third-order valence-electron chi connectivity index (χ3n) is 2.40. The molecule has 0 spiro atoms. The molecule has 1 heterocycles. The van der Waals surface area contributed by atoms with Crippen LogP contribution >= 0.6 is 15.9 Å². The van der Waals surface area contributed by atoms with Crippen LogP contribution in [0.15, 0.2) is 22.8 Å². The van der Waals surface area contributed by atoms with Crippen LogP contribution < -0.4 is 5.32 Å². The number of hydrogen-bond donors (Lipinski definition) is 1. The molecule has 0 amide bonds. The Morgan fingerprint density at radius 1 is 1.05 bits per heavy atom. The van der Waals surface area contributed by atoms with Gasteiger partial charge in [0.15, 0.2) is 23.3 Å². The van der Waals surface area contributed by atoms with E-state index in [1.165, 1.54) is 6.20 Å². The summed E-state index contributed by atoms with van der Waals surface area (Å²) in [5.74, 6) is -5.84. The number of aromatic nitrogens is 1. The molecule has 0 saturated carbocycles. The number of anilines is 2. The Morgan fingerprint density at radius 2 is 1.63 bits per heavy atom. The quantitative estimate of drug-likeness (QED) is 0.648. The van der Waals surface area contributed by atoms with Crippen LogP contribution in [0.1, 0.15) is 5.56 Å². The molecule has 0 aliphatic carbocycles. The van der Waals surface area contributed by atoms with Crippen LogP contribution in [0.5, 0.6) is 0 Å². The number of nitrogens with zero attached hydrogens (tertiary/aromatic N) is 1. The standard InChI is InChI=1S/C12H7BrF4N2/c1-5-2-6(13)4-18-12(5)19-11-9(16)7(14)3-8(15)10(11)17/h2-4H,1H3,(H,18,19). The number of halogens is 5. The van der Waals surface area contributed by atoms with E-state index < -0.39 is 29.0 Å². The summed E-state index contributed by atoms with van der Waals surface area (Å²) in [6, 6.07) is 1.79. The van der Waals surface area contributed by atoms with E-state index in [2.05, 4.69) is 26.2 Å². The van der Waals surface area contributed by atoms with Crippen molar-refractivity contribution in [3.05, 3.63) is 51.6 Å². The van der Waals surface area contributed by atoms with E-state index in [-0.39, 0.29) is 11.9 Å². The maximum atomic E-state index is 13.5. The van der Waals surface area contributed by atoms with Crippen molar-refractivity contribution >= 4 is 27.4 Å². The molecule has 1 N–H and O–H groups in total. The Morgan fingerprint density at radius 3 is 2.16 bits per heavy atom. The van der Waals surface area contributed by atoms with Crippen LogP contribution in [0.2, 0.25) is 0 Å². The summed E-state index contributed by atoms with van der Waals surface area (Å²) >= 11 is 3.18. The zero-order chi connectivity index (χ0) is 14.2. The van der Waals surface area contributed by atoms with Gasteiger partial charge < -0.3 is 5.32 Å². The van der Waals surface area contributed by atoms with Crippen LogP contribution in [0, 0.1) is 30.2 Å². The lowest BCUT2D eigenvalue weighted by molar-refractivity contribution is 0.459. The fourth-order valence-electron chi connectivity index (χ4n) is 1.47. The molecule has 19 heavy (non-hydrogen) atoms. The van der Waals surface area contributed by atoms with Crippen LogP contribution in [-0.4, -0.2) is 4.98 Å². The van der Waals surface area contributed by atoms with E-state index in [0.29, 0.717) is 10.0 Å². The minimum absolute atomic E-state index is 0.103. The van der Waals surface area contributed by atoms with E-state index in [1.807, 2.05) is 0 Å². The minimum Gasteiger partial charge on any atom is -0.335 e. The number of rotatable bonds is 2. The molecule has 0 aliphatic heterocycles. The Labute approximate surface area is 114 Å². The summed E-state index contributed by atoms with van der Waals surface area (Å²) in [7, 11) is 0. The van der Waals surface area contributed by atoms with Gasteiger partial charge in [-0.05, 0) is 34.5 Å². The van der Waals surface area contributed by atoms with Gasteiger partial charge in [0.1, 0.15) is 11.5 Å². The second-order valence-corrected chi connectivity index (χ2v) is 4.70. The van der Waals surface area contributed by atoms with Crippen LogP contribution in [0.25, 0.3) is 0 Å². The van der Waals surface area contributed by atoms with Crippen molar-refractivity contribution in [2.75, 3.05) is 5.32 Å². The van der Waals surface area contributed by atoms with Gasteiger partial charge in [0.05, 0.1) is 0 Å². The molecule has 2 nitrogen and oxygen atoms in total. The van der Waals surface area contributed by atoms with E-state index in [1.54, 1.807) is 13.0 Å². The monoisotopic (exact) mass is 334 g/mol. The molecule has 1 aromatic carbocycles. The topological polar surface area (TPSA) is 24.9 Å². The summed E-state index contributed by atoms with van der Waals surface area (Å²) in [4.78, 5) is 3.88. The van der Waals surface area contributed by atoms with Gasteiger partial charge in [-0.2, -0.15) is 0 Å². The number of aryl methyl sites for hydroxylation is 1. The second-order valence-electron chi connectivity index (χ2n) is 3.79. The lowest BCUT2D eigenvalue weighted by Crippen LogP contribution is -2.05. The predicted octanol–water partition coefficient (Wildman–Crippen LogP) is 4.45. The Bertz CT molecular complexity index is 620. The summed E-state index contributed by atoms with van der Waals surface area (Å²) in [6.07, 6.45) is 1.39. The molecular weight excluding hydrogens is 328 g/mol. The third-order valence-corrected chi connectivity index (χ3v) is 2.83. The number of benzene rings is 1. The van der Waals surface area contributed by atoms with Gasteiger partial charge in [-0.15, -0.1) is 0 Å². The molecule has 2 aromatic rings. The highest BCUT2D eigenvalue weighted by atomic mass is 79.9. The maximum Gasteiger partial charge on any atom is 0.185 e. The van der Waals surface area contributed by atoms with Crippen molar-refractivity contribution in [1.29, 1.82) is 0 Å². The molecule has 0 aliphatic rings. The van der Waals surface area contributed by atoms with Crippen LogP contribution in [0.3, 0.4) is 0 Å². The van der Waals surface area contributed by atoms with Gasteiger partial charge >= 0.3 is 0 Å². The first-order chi connectivity index (χ1) is 8.90. The van der Waals surface area contributed by atoms with Crippen LogP contribution in [0.4, 0.5) is 29.1 Å². The van der Waals surface area contributed by atoms with Crippen molar-refractivity contribution in [2.45, 2.75) is 6.92 Å². The van der Waals surface area contributed by atoms with E-state index in [0.717, 1.165) is 0 Å². The molecule has 7 heteroatoms. The lowest BCUT2D eigenvalue weighted by atomic mass is 10.2. The summed E-state index contributed by atoms with van der Waals surface area (Å²) in [5, 5.41) is 2.26. The summed E-state index contributed by atoms with van der Waals surface area (Å²) in [5.41, 5.74) is -0.353. The first kappa shape index (κ1) is 13.8. The predicted molar refractivity (Wildman–Crippen MR) is 66.2 cm³/mol. The summed E-state index contributed by atoms with van der Waals surface area (Å²) in [6.45, 7) is 1.63. The zero-order valence-electron chi connectivity index (χ0n) is 9.57. The van der Waals surface area contributed by atoms with Crippen molar-refractivity contribution < 1.29 is 17.6 Å². The fraction of sp³-hybridized carbons (Fsp3) is 0.0833. The van der Waals surface area contributed by atoms with Crippen molar-refractivity contribution in [1.82, 2.24) is 4.98 Å². The first-order valence-corrected chi connectivity index (χ1v) is 5.91. The molecule has 1 aromatic heterocycles. The van der Waals surface area contributed by atoms with E-state index in [4.69, 9.17) is 0 Å². The Balaban J connectivity index is 2.49. The first-order valence-electron chi connectivity index (χ1n) is 5.12. The fourth-order valence-corrected chi connectivity index (χ4v) is 1.92.